The van der Waals surface area contributed by atoms with Gasteiger partial charge in [0.15, 0.2) is 0 Å². The summed E-state index contributed by atoms with van der Waals surface area (Å²) in [4.78, 5) is 0. The number of benzene rings is 1. The Morgan fingerprint density at radius 1 is 1.27 bits per heavy atom. The molecule has 0 aliphatic heterocycles. The zero-order valence-electron chi connectivity index (χ0n) is 6.13. The smallest absolute Gasteiger partial charge is 0.0175 e. The van der Waals surface area contributed by atoms with E-state index in [0.29, 0.717) is 12.0 Å². The van der Waals surface area contributed by atoms with E-state index in [9.17, 15) is 0 Å². The fourth-order valence-electron chi connectivity index (χ4n) is 1.31. The quantitative estimate of drug-likeness (QED) is 0.759. The fourth-order valence-corrected chi connectivity index (χ4v) is 1.57. The molecule has 0 aromatic heterocycles. The molecule has 2 heteroatoms. The average molecular weight is 212 g/mol. The van der Waals surface area contributed by atoms with Crippen molar-refractivity contribution >= 4 is 15.9 Å². The minimum absolute atomic E-state index is 0.413. The van der Waals surface area contributed by atoms with Crippen LogP contribution in [-0.2, 0) is 0 Å². The van der Waals surface area contributed by atoms with Gasteiger partial charge >= 0.3 is 0 Å². The van der Waals surface area contributed by atoms with E-state index in [1.54, 1.807) is 0 Å². The molecule has 0 spiro atoms. The highest BCUT2D eigenvalue weighted by atomic mass is 79.9. The summed E-state index contributed by atoms with van der Waals surface area (Å²) in [5, 5.41) is 0. The largest absolute Gasteiger partial charge is 0.327 e. The lowest BCUT2D eigenvalue weighted by Crippen LogP contribution is -2.00. The molecule has 0 heterocycles. The van der Waals surface area contributed by atoms with Crippen molar-refractivity contribution in [3.05, 3.63) is 34.3 Å². The highest BCUT2D eigenvalue weighted by Gasteiger charge is 2.34. The van der Waals surface area contributed by atoms with Gasteiger partial charge in [0.25, 0.3) is 0 Å². The molecule has 11 heavy (non-hydrogen) atoms. The molecule has 1 aliphatic carbocycles. The summed E-state index contributed by atoms with van der Waals surface area (Å²) in [5.74, 6) is 0.628. The molecule has 1 nitrogen and oxygen atoms in total. The Kier molecular flexibility index (Phi) is 1.74. The first-order valence-electron chi connectivity index (χ1n) is 3.78. The van der Waals surface area contributed by atoms with Gasteiger partial charge in [-0.05, 0) is 24.1 Å². The highest BCUT2D eigenvalue weighted by molar-refractivity contribution is 9.10. The number of hydrogen-bond donors (Lipinski definition) is 1. The van der Waals surface area contributed by atoms with Crippen LogP contribution in [0.5, 0.6) is 0 Å². The van der Waals surface area contributed by atoms with Gasteiger partial charge in [0, 0.05) is 16.4 Å². The fraction of sp³-hybridized carbons (Fsp3) is 0.333. The SMILES string of the molecule is N[C@@H]1CC1c1ccc(Br)cc1. The lowest BCUT2D eigenvalue weighted by molar-refractivity contribution is 0.990. The molecule has 2 N–H and O–H groups in total. The maximum absolute atomic E-state index is 5.72. The first-order valence-corrected chi connectivity index (χ1v) is 4.58. The Labute approximate surface area is 74.7 Å². The van der Waals surface area contributed by atoms with Gasteiger partial charge < -0.3 is 5.73 Å². The van der Waals surface area contributed by atoms with E-state index >= 15 is 0 Å². The Balaban J connectivity index is 2.21. The van der Waals surface area contributed by atoms with E-state index in [1.165, 1.54) is 5.56 Å². The van der Waals surface area contributed by atoms with Crippen molar-refractivity contribution in [3.63, 3.8) is 0 Å². The van der Waals surface area contributed by atoms with Crippen LogP contribution < -0.4 is 5.73 Å². The molecule has 0 bridgehead atoms. The molecule has 1 unspecified atom stereocenters. The second-order valence-electron chi connectivity index (χ2n) is 3.06. The molecule has 2 rings (SSSR count). The van der Waals surface area contributed by atoms with Gasteiger partial charge in [-0.25, -0.2) is 0 Å². The Bertz CT molecular complexity index is 255. The van der Waals surface area contributed by atoms with Crippen molar-refractivity contribution in [1.29, 1.82) is 0 Å². The zero-order valence-corrected chi connectivity index (χ0v) is 7.71. The standard InChI is InChI=1S/C9H10BrN/c10-7-3-1-6(2-4-7)8-5-9(8)11/h1-4,8-9H,5,11H2/t8?,9-/m1/s1. The minimum Gasteiger partial charge on any atom is -0.327 e. The lowest BCUT2D eigenvalue weighted by Gasteiger charge is -1.96. The van der Waals surface area contributed by atoms with E-state index < -0.39 is 0 Å². The van der Waals surface area contributed by atoms with Gasteiger partial charge in [-0.3, -0.25) is 0 Å². The van der Waals surface area contributed by atoms with E-state index in [4.69, 9.17) is 5.73 Å². The molecule has 0 saturated heterocycles. The highest BCUT2D eigenvalue weighted by Crippen LogP contribution is 2.38. The summed E-state index contributed by atoms with van der Waals surface area (Å²) >= 11 is 3.40. The first kappa shape index (κ1) is 7.32. The zero-order chi connectivity index (χ0) is 7.84. The van der Waals surface area contributed by atoms with Crippen molar-refractivity contribution in [1.82, 2.24) is 0 Å². The van der Waals surface area contributed by atoms with E-state index in [0.717, 1.165) is 10.9 Å². The first-order chi connectivity index (χ1) is 5.27. The molecule has 1 aromatic carbocycles. The molecule has 2 atom stereocenters. The monoisotopic (exact) mass is 211 g/mol. The van der Waals surface area contributed by atoms with Gasteiger partial charge in [0.1, 0.15) is 0 Å². The number of nitrogens with two attached hydrogens (primary N) is 1. The summed E-state index contributed by atoms with van der Waals surface area (Å²) in [7, 11) is 0. The van der Waals surface area contributed by atoms with Crippen LogP contribution in [0.3, 0.4) is 0 Å². The lowest BCUT2D eigenvalue weighted by atomic mass is 10.1. The predicted molar refractivity (Wildman–Crippen MR) is 49.5 cm³/mol. The van der Waals surface area contributed by atoms with Crippen LogP contribution in [0.1, 0.15) is 17.9 Å². The maximum atomic E-state index is 5.72. The van der Waals surface area contributed by atoms with E-state index in [-0.39, 0.29) is 0 Å². The molecule has 1 aliphatic rings. The summed E-state index contributed by atoms with van der Waals surface area (Å²) in [6.45, 7) is 0. The van der Waals surface area contributed by atoms with E-state index in [2.05, 4.69) is 40.2 Å². The normalized spacial score (nSPS) is 28.5. The number of rotatable bonds is 1. The molecule has 0 amide bonds. The third-order valence-corrected chi connectivity index (χ3v) is 2.67. The van der Waals surface area contributed by atoms with Crippen LogP contribution in [0.15, 0.2) is 28.7 Å². The molecule has 1 fully saturated rings. The van der Waals surface area contributed by atoms with Crippen LogP contribution in [-0.4, -0.2) is 6.04 Å². The molecular formula is C9H10BrN. The Morgan fingerprint density at radius 3 is 2.27 bits per heavy atom. The summed E-state index contributed by atoms with van der Waals surface area (Å²) in [6, 6.07) is 8.83. The van der Waals surface area contributed by atoms with Crippen molar-refractivity contribution < 1.29 is 0 Å². The minimum atomic E-state index is 0.413. The van der Waals surface area contributed by atoms with Crippen LogP contribution in [0.25, 0.3) is 0 Å². The summed E-state index contributed by atoms with van der Waals surface area (Å²) < 4.78 is 1.13. The van der Waals surface area contributed by atoms with Crippen molar-refractivity contribution in [2.75, 3.05) is 0 Å². The Hall–Kier alpha value is -0.340. The second kappa shape index (κ2) is 2.61. The molecular weight excluding hydrogens is 202 g/mol. The van der Waals surface area contributed by atoms with Gasteiger partial charge in [0.2, 0.25) is 0 Å². The van der Waals surface area contributed by atoms with Gasteiger partial charge in [-0.1, -0.05) is 28.1 Å². The average Bonchev–Trinajstić information content (AvgIpc) is 2.69. The van der Waals surface area contributed by atoms with Gasteiger partial charge in [-0.2, -0.15) is 0 Å². The molecule has 1 saturated carbocycles. The van der Waals surface area contributed by atoms with Crippen LogP contribution in [0, 0.1) is 0 Å². The summed E-state index contributed by atoms with van der Waals surface area (Å²) in [6.07, 6.45) is 1.15. The molecule has 0 radical (unpaired) electrons. The maximum Gasteiger partial charge on any atom is 0.0175 e. The third kappa shape index (κ3) is 1.47. The third-order valence-electron chi connectivity index (χ3n) is 2.14. The van der Waals surface area contributed by atoms with Crippen LogP contribution >= 0.6 is 15.9 Å². The molecule has 58 valence electrons. The number of halogens is 1. The van der Waals surface area contributed by atoms with Crippen molar-refractivity contribution in [2.45, 2.75) is 18.4 Å². The van der Waals surface area contributed by atoms with Crippen molar-refractivity contribution in [3.8, 4) is 0 Å². The van der Waals surface area contributed by atoms with E-state index in [1.807, 2.05) is 0 Å². The predicted octanol–water partition coefficient (Wildman–Crippen LogP) is 2.26. The molecule has 1 aromatic rings. The topological polar surface area (TPSA) is 26.0 Å². The van der Waals surface area contributed by atoms with Crippen LogP contribution in [0.2, 0.25) is 0 Å². The Morgan fingerprint density at radius 2 is 1.82 bits per heavy atom. The number of hydrogen-bond acceptors (Lipinski definition) is 1. The van der Waals surface area contributed by atoms with Gasteiger partial charge in [-0.15, -0.1) is 0 Å². The van der Waals surface area contributed by atoms with Gasteiger partial charge in [0.05, 0.1) is 0 Å². The summed E-state index contributed by atoms with van der Waals surface area (Å²) in [5.41, 5.74) is 7.10. The van der Waals surface area contributed by atoms with Crippen LogP contribution in [0.4, 0.5) is 0 Å². The van der Waals surface area contributed by atoms with Crippen molar-refractivity contribution in [2.24, 2.45) is 5.73 Å². The second-order valence-corrected chi connectivity index (χ2v) is 3.97.